The highest BCUT2D eigenvalue weighted by Gasteiger charge is 2.27. The van der Waals surface area contributed by atoms with Gasteiger partial charge in [0.2, 0.25) is 0 Å². The number of hydrogen-bond donors (Lipinski definition) is 0. The molecule has 1 aromatic rings. The van der Waals surface area contributed by atoms with Crippen LogP contribution in [0.4, 0.5) is 4.39 Å². The molecule has 0 aromatic heterocycles. The zero-order valence-electron chi connectivity index (χ0n) is 11.6. The molecule has 0 radical (unpaired) electrons. The molecule has 2 rings (SSSR count). The van der Waals surface area contributed by atoms with Gasteiger partial charge in [-0.15, -0.1) is 0 Å². The van der Waals surface area contributed by atoms with E-state index < -0.39 is 6.10 Å². The van der Waals surface area contributed by atoms with E-state index in [0.717, 1.165) is 5.56 Å². The van der Waals surface area contributed by atoms with Crippen LogP contribution >= 0.6 is 0 Å². The number of hydrogen-bond acceptors (Lipinski definition) is 5. The van der Waals surface area contributed by atoms with Gasteiger partial charge in [-0.2, -0.15) is 0 Å². The lowest BCUT2D eigenvalue weighted by molar-refractivity contribution is -0.160. The third kappa shape index (κ3) is 3.46. The van der Waals surface area contributed by atoms with Crippen molar-refractivity contribution >= 4 is 5.97 Å². The fourth-order valence-corrected chi connectivity index (χ4v) is 2.19. The third-order valence-corrected chi connectivity index (χ3v) is 3.24. The Balaban J connectivity index is 1.99. The minimum absolute atomic E-state index is 0.225. The maximum Gasteiger partial charge on any atom is 0.336 e. The van der Waals surface area contributed by atoms with Crippen molar-refractivity contribution in [3.05, 3.63) is 29.6 Å². The molecule has 20 heavy (non-hydrogen) atoms. The Labute approximate surface area is 117 Å². The van der Waals surface area contributed by atoms with E-state index in [2.05, 4.69) is 4.74 Å². The quantitative estimate of drug-likeness (QED) is 0.777. The van der Waals surface area contributed by atoms with Gasteiger partial charge >= 0.3 is 5.97 Å². The molecular formula is C14H18FNO4. The summed E-state index contributed by atoms with van der Waals surface area (Å²) >= 11 is 0. The second-order valence-corrected chi connectivity index (χ2v) is 4.59. The summed E-state index contributed by atoms with van der Waals surface area (Å²) in [5.41, 5.74) is 0.828. The number of ether oxygens (including phenoxy) is 3. The van der Waals surface area contributed by atoms with Crippen LogP contribution in [0.3, 0.4) is 0 Å². The molecule has 6 heteroatoms. The van der Waals surface area contributed by atoms with E-state index >= 15 is 0 Å². The van der Waals surface area contributed by atoms with Gasteiger partial charge in [-0.3, -0.25) is 4.90 Å². The molecular weight excluding hydrogens is 265 g/mol. The fourth-order valence-electron chi connectivity index (χ4n) is 2.19. The Kier molecular flexibility index (Phi) is 4.92. The smallest absolute Gasteiger partial charge is 0.336 e. The van der Waals surface area contributed by atoms with Crippen LogP contribution in [0.25, 0.3) is 0 Å². The highest BCUT2D eigenvalue weighted by atomic mass is 19.1. The van der Waals surface area contributed by atoms with Crippen LogP contribution in [-0.4, -0.2) is 50.9 Å². The molecule has 0 saturated carbocycles. The van der Waals surface area contributed by atoms with Crippen LogP contribution in [0.1, 0.15) is 5.56 Å². The van der Waals surface area contributed by atoms with E-state index in [4.69, 9.17) is 9.47 Å². The summed E-state index contributed by atoms with van der Waals surface area (Å²) in [5.74, 6) is -0.540. The van der Waals surface area contributed by atoms with E-state index in [1.165, 1.54) is 20.3 Å². The van der Waals surface area contributed by atoms with Crippen LogP contribution in [0.2, 0.25) is 0 Å². The molecule has 5 nitrogen and oxygen atoms in total. The highest BCUT2D eigenvalue weighted by Crippen LogP contribution is 2.19. The molecule has 1 aliphatic heterocycles. The summed E-state index contributed by atoms with van der Waals surface area (Å²) in [6.45, 7) is 2.15. The van der Waals surface area contributed by atoms with Crippen molar-refractivity contribution < 1.29 is 23.4 Å². The molecule has 0 spiro atoms. The first-order chi connectivity index (χ1) is 9.63. The second-order valence-electron chi connectivity index (χ2n) is 4.59. The monoisotopic (exact) mass is 283 g/mol. The van der Waals surface area contributed by atoms with Gasteiger partial charge in [0.05, 0.1) is 20.8 Å². The Morgan fingerprint density at radius 1 is 1.50 bits per heavy atom. The Hall–Kier alpha value is -1.66. The summed E-state index contributed by atoms with van der Waals surface area (Å²) in [6, 6.07) is 4.86. The summed E-state index contributed by atoms with van der Waals surface area (Å²) in [4.78, 5) is 13.5. The van der Waals surface area contributed by atoms with Crippen LogP contribution in [0.15, 0.2) is 18.2 Å². The van der Waals surface area contributed by atoms with Gasteiger partial charge in [0.1, 0.15) is 0 Å². The van der Waals surface area contributed by atoms with Gasteiger partial charge in [-0.1, -0.05) is 6.07 Å². The Morgan fingerprint density at radius 3 is 2.95 bits per heavy atom. The number of benzene rings is 1. The molecule has 0 bridgehead atoms. The molecule has 0 amide bonds. The number of carbonyl (C=O) groups is 1. The largest absolute Gasteiger partial charge is 0.494 e. The zero-order valence-corrected chi connectivity index (χ0v) is 11.6. The number of carbonyl (C=O) groups excluding carboxylic acids is 1. The molecule has 1 unspecified atom stereocenters. The van der Waals surface area contributed by atoms with E-state index in [1.807, 2.05) is 11.0 Å². The molecule has 1 aromatic carbocycles. The van der Waals surface area contributed by atoms with Crippen molar-refractivity contribution in [1.29, 1.82) is 0 Å². The third-order valence-electron chi connectivity index (χ3n) is 3.24. The molecule has 0 N–H and O–H groups in total. The minimum Gasteiger partial charge on any atom is -0.494 e. The number of nitrogens with zero attached hydrogens (tertiary/aromatic N) is 1. The average Bonchev–Trinajstić information content (AvgIpc) is 2.47. The maximum atomic E-state index is 13.6. The lowest BCUT2D eigenvalue weighted by Gasteiger charge is -2.31. The number of rotatable bonds is 4. The average molecular weight is 283 g/mol. The summed E-state index contributed by atoms with van der Waals surface area (Å²) < 4.78 is 28.5. The maximum absolute atomic E-state index is 13.6. The Morgan fingerprint density at radius 2 is 2.30 bits per heavy atom. The molecule has 1 aliphatic rings. The molecule has 1 atom stereocenters. The van der Waals surface area contributed by atoms with Crippen molar-refractivity contribution in [3.8, 4) is 5.75 Å². The zero-order chi connectivity index (χ0) is 14.5. The van der Waals surface area contributed by atoms with E-state index in [9.17, 15) is 9.18 Å². The van der Waals surface area contributed by atoms with E-state index in [0.29, 0.717) is 26.2 Å². The highest BCUT2D eigenvalue weighted by molar-refractivity contribution is 5.74. The van der Waals surface area contributed by atoms with Crippen LogP contribution in [0.5, 0.6) is 5.75 Å². The normalized spacial score (nSPS) is 19.6. The lowest BCUT2D eigenvalue weighted by atomic mass is 10.1. The van der Waals surface area contributed by atoms with E-state index in [1.54, 1.807) is 6.07 Å². The molecule has 1 fully saturated rings. The van der Waals surface area contributed by atoms with Crippen molar-refractivity contribution in [3.63, 3.8) is 0 Å². The summed E-state index contributed by atoms with van der Waals surface area (Å²) in [6.07, 6.45) is -0.572. The number of halogens is 1. The van der Waals surface area contributed by atoms with Gasteiger partial charge in [0.25, 0.3) is 0 Å². The van der Waals surface area contributed by atoms with Gasteiger partial charge < -0.3 is 14.2 Å². The fraction of sp³-hybridized carbons (Fsp3) is 0.500. The molecule has 110 valence electrons. The minimum atomic E-state index is -0.572. The van der Waals surface area contributed by atoms with Gasteiger partial charge in [-0.05, 0) is 17.7 Å². The van der Waals surface area contributed by atoms with Crippen molar-refractivity contribution in [2.75, 3.05) is 33.9 Å². The summed E-state index contributed by atoms with van der Waals surface area (Å²) in [7, 11) is 2.77. The molecule has 1 heterocycles. The van der Waals surface area contributed by atoms with Crippen molar-refractivity contribution in [1.82, 2.24) is 4.90 Å². The van der Waals surface area contributed by atoms with Crippen molar-refractivity contribution in [2.24, 2.45) is 0 Å². The van der Waals surface area contributed by atoms with Gasteiger partial charge in [0, 0.05) is 19.6 Å². The van der Waals surface area contributed by atoms with Gasteiger partial charge in [0.15, 0.2) is 17.7 Å². The Bertz CT molecular complexity index is 480. The lowest BCUT2D eigenvalue weighted by Crippen LogP contribution is -2.46. The first-order valence-corrected chi connectivity index (χ1v) is 6.38. The predicted molar refractivity (Wildman–Crippen MR) is 70.0 cm³/mol. The first-order valence-electron chi connectivity index (χ1n) is 6.38. The van der Waals surface area contributed by atoms with Crippen LogP contribution in [0, 0.1) is 5.82 Å². The number of methoxy groups -OCH3 is 2. The summed E-state index contributed by atoms with van der Waals surface area (Å²) in [5, 5.41) is 0. The topological polar surface area (TPSA) is 48.0 Å². The van der Waals surface area contributed by atoms with Crippen LogP contribution < -0.4 is 4.74 Å². The SMILES string of the molecule is COC(=O)C1CN(Cc2ccc(OC)c(F)c2)CCO1. The second kappa shape index (κ2) is 6.67. The van der Waals surface area contributed by atoms with Crippen molar-refractivity contribution in [2.45, 2.75) is 12.6 Å². The number of morpholine rings is 1. The molecule has 0 aliphatic carbocycles. The first kappa shape index (κ1) is 14.7. The van der Waals surface area contributed by atoms with Gasteiger partial charge in [-0.25, -0.2) is 9.18 Å². The molecule has 1 saturated heterocycles. The predicted octanol–water partition coefficient (Wildman–Crippen LogP) is 1.21. The standard InChI is InChI=1S/C14H18FNO4/c1-18-12-4-3-10(7-11(12)15)8-16-5-6-20-13(9-16)14(17)19-2/h3-4,7,13H,5-6,8-9H2,1-2H3. The number of esters is 1. The van der Waals surface area contributed by atoms with E-state index in [-0.39, 0.29) is 17.5 Å². The van der Waals surface area contributed by atoms with Crippen LogP contribution in [-0.2, 0) is 20.8 Å².